The van der Waals surface area contributed by atoms with Crippen molar-refractivity contribution in [2.75, 3.05) is 7.11 Å². The summed E-state index contributed by atoms with van der Waals surface area (Å²) >= 11 is 0. The Hall–Kier alpha value is -3.75. The Balaban J connectivity index is 2.12. The van der Waals surface area contributed by atoms with Crippen molar-refractivity contribution < 1.29 is 24.0 Å². The quantitative estimate of drug-likeness (QED) is 0.278. The van der Waals surface area contributed by atoms with Crippen molar-refractivity contribution >= 4 is 23.8 Å². The lowest BCUT2D eigenvalue weighted by molar-refractivity contribution is -0.385. The number of hydrogen-bond acceptors (Lipinski definition) is 7. The molecule has 0 fully saturated rings. The monoisotopic (exact) mass is 357 g/mol. The SMILES string of the molecule is COc1cc(C=NNC(=O)c2ccccc2[N+](=O)[O-])ccc1OC(C)=O. The van der Waals surface area contributed by atoms with Crippen LogP contribution in [0, 0.1) is 10.1 Å². The third-order valence-electron chi connectivity index (χ3n) is 3.17. The molecule has 0 saturated carbocycles. The second-order valence-corrected chi connectivity index (χ2v) is 4.98. The highest BCUT2D eigenvalue weighted by Gasteiger charge is 2.18. The lowest BCUT2D eigenvalue weighted by Crippen LogP contribution is -2.18. The third-order valence-corrected chi connectivity index (χ3v) is 3.17. The summed E-state index contributed by atoms with van der Waals surface area (Å²) in [5.41, 5.74) is 2.37. The normalized spacial score (nSPS) is 10.4. The van der Waals surface area contributed by atoms with Gasteiger partial charge >= 0.3 is 5.97 Å². The van der Waals surface area contributed by atoms with E-state index in [1.165, 1.54) is 50.6 Å². The lowest BCUT2D eigenvalue weighted by atomic mass is 10.2. The number of amides is 1. The van der Waals surface area contributed by atoms with Crippen LogP contribution >= 0.6 is 0 Å². The summed E-state index contributed by atoms with van der Waals surface area (Å²) in [7, 11) is 1.42. The molecule has 26 heavy (non-hydrogen) atoms. The molecule has 0 aromatic heterocycles. The molecule has 0 unspecified atom stereocenters. The van der Waals surface area contributed by atoms with Crippen molar-refractivity contribution in [3.8, 4) is 11.5 Å². The van der Waals surface area contributed by atoms with Crippen LogP contribution in [0.5, 0.6) is 11.5 Å². The van der Waals surface area contributed by atoms with E-state index in [0.29, 0.717) is 11.3 Å². The number of benzene rings is 2. The minimum absolute atomic E-state index is 0.0996. The summed E-state index contributed by atoms with van der Waals surface area (Å²) < 4.78 is 10.1. The molecule has 9 heteroatoms. The van der Waals surface area contributed by atoms with Crippen molar-refractivity contribution in [2.24, 2.45) is 5.10 Å². The molecule has 0 saturated heterocycles. The zero-order chi connectivity index (χ0) is 19.1. The summed E-state index contributed by atoms with van der Waals surface area (Å²) in [4.78, 5) is 33.4. The highest BCUT2D eigenvalue weighted by atomic mass is 16.6. The predicted octanol–water partition coefficient (Wildman–Crippen LogP) is 2.29. The molecule has 134 valence electrons. The van der Waals surface area contributed by atoms with Crippen LogP contribution in [-0.2, 0) is 4.79 Å². The fraction of sp³-hybridized carbons (Fsp3) is 0.118. The van der Waals surface area contributed by atoms with Gasteiger partial charge in [-0.3, -0.25) is 19.7 Å². The van der Waals surface area contributed by atoms with Crippen LogP contribution in [0.2, 0.25) is 0 Å². The molecule has 0 aliphatic heterocycles. The zero-order valence-electron chi connectivity index (χ0n) is 14.0. The first-order valence-corrected chi connectivity index (χ1v) is 7.35. The number of nitrogens with zero attached hydrogens (tertiary/aromatic N) is 2. The molecule has 9 nitrogen and oxygen atoms in total. The van der Waals surface area contributed by atoms with Crippen LogP contribution in [0.25, 0.3) is 0 Å². The number of para-hydroxylation sites is 1. The first kappa shape index (κ1) is 18.6. The molecule has 0 aliphatic carbocycles. The Labute approximate surface area is 148 Å². The number of carbonyl (C=O) groups excluding carboxylic acids is 2. The number of ether oxygens (including phenoxy) is 2. The maximum Gasteiger partial charge on any atom is 0.308 e. The number of carbonyl (C=O) groups is 2. The van der Waals surface area contributed by atoms with Crippen molar-refractivity contribution in [3.63, 3.8) is 0 Å². The smallest absolute Gasteiger partial charge is 0.308 e. The van der Waals surface area contributed by atoms with Crippen molar-refractivity contribution in [1.82, 2.24) is 5.43 Å². The van der Waals surface area contributed by atoms with E-state index in [0.717, 1.165) is 0 Å². The minimum atomic E-state index is -0.711. The largest absolute Gasteiger partial charge is 0.493 e. The van der Waals surface area contributed by atoms with Gasteiger partial charge in [0.2, 0.25) is 0 Å². The van der Waals surface area contributed by atoms with E-state index in [4.69, 9.17) is 9.47 Å². The van der Waals surface area contributed by atoms with Crippen LogP contribution < -0.4 is 14.9 Å². The van der Waals surface area contributed by atoms with Gasteiger partial charge in [-0.1, -0.05) is 12.1 Å². The van der Waals surface area contributed by atoms with Gasteiger partial charge in [0, 0.05) is 13.0 Å². The highest BCUT2D eigenvalue weighted by Crippen LogP contribution is 2.27. The summed E-state index contributed by atoms with van der Waals surface area (Å²) in [6, 6.07) is 10.2. The summed E-state index contributed by atoms with van der Waals surface area (Å²) in [6.07, 6.45) is 1.33. The third kappa shape index (κ3) is 4.63. The van der Waals surface area contributed by atoms with Crippen molar-refractivity contribution in [3.05, 3.63) is 63.7 Å². The number of nitro groups is 1. The van der Waals surface area contributed by atoms with Crippen LogP contribution in [0.15, 0.2) is 47.6 Å². The molecule has 2 rings (SSSR count). The Bertz CT molecular complexity index is 879. The molecule has 2 aromatic rings. The van der Waals surface area contributed by atoms with E-state index < -0.39 is 16.8 Å². The lowest BCUT2D eigenvalue weighted by Gasteiger charge is -2.08. The van der Waals surface area contributed by atoms with Gasteiger partial charge in [0.05, 0.1) is 18.2 Å². The van der Waals surface area contributed by atoms with Crippen molar-refractivity contribution in [2.45, 2.75) is 6.92 Å². The number of nitrogens with one attached hydrogen (secondary N) is 1. The Kier molecular flexibility index (Phi) is 5.99. The zero-order valence-corrected chi connectivity index (χ0v) is 14.0. The number of nitro benzene ring substituents is 1. The fourth-order valence-electron chi connectivity index (χ4n) is 2.05. The topological polar surface area (TPSA) is 120 Å². The standard InChI is InChI=1S/C17H15N3O6/c1-11(21)26-15-8-7-12(9-16(15)25-2)10-18-19-17(22)13-5-3-4-6-14(13)20(23)24/h3-10H,1-2H3,(H,19,22). The maximum absolute atomic E-state index is 12.0. The predicted molar refractivity (Wildman–Crippen MR) is 92.5 cm³/mol. The molecule has 2 aromatic carbocycles. The van der Waals surface area contributed by atoms with Gasteiger partial charge in [0.15, 0.2) is 11.5 Å². The summed E-state index contributed by atoms with van der Waals surface area (Å²) in [6.45, 7) is 1.27. The van der Waals surface area contributed by atoms with Crippen LogP contribution in [0.4, 0.5) is 5.69 Å². The Morgan fingerprint density at radius 1 is 1.19 bits per heavy atom. The molecule has 0 radical (unpaired) electrons. The Morgan fingerprint density at radius 2 is 1.92 bits per heavy atom. The molecule has 0 aliphatic rings. The maximum atomic E-state index is 12.0. The molecule has 0 atom stereocenters. The average molecular weight is 357 g/mol. The number of esters is 1. The van der Waals surface area contributed by atoms with Gasteiger partial charge < -0.3 is 9.47 Å². The van der Waals surface area contributed by atoms with Gasteiger partial charge in [-0.15, -0.1) is 0 Å². The molecular formula is C17H15N3O6. The molecule has 0 spiro atoms. The van der Waals surface area contributed by atoms with E-state index in [-0.39, 0.29) is 17.0 Å². The second kappa shape index (κ2) is 8.38. The van der Waals surface area contributed by atoms with Gasteiger partial charge in [0.1, 0.15) is 5.56 Å². The molecule has 0 heterocycles. The van der Waals surface area contributed by atoms with E-state index in [9.17, 15) is 19.7 Å². The van der Waals surface area contributed by atoms with E-state index in [1.807, 2.05) is 0 Å². The molecule has 0 bridgehead atoms. The first-order valence-electron chi connectivity index (χ1n) is 7.35. The number of hydrazone groups is 1. The van der Waals surface area contributed by atoms with E-state index in [2.05, 4.69) is 10.5 Å². The summed E-state index contributed by atoms with van der Waals surface area (Å²) in [5, 5.41) is 14.7. The molecule has 1 amide bonds. The Morgan fingerprint density at radius 3 is 2.58 bits per heavy atom. The first-order chi connectivity index (χ1) is 12.4. The van der Waals surface area contributed by atoms with Crippen LogP contribution in [-0.4, -0.2) is 30.1 Å². The number of methoxy groups -OCH3 is 1. The molecular weight excluding hydrogens is 342 g/mol. The summed E-state index contributed by atoms with van der Waals surface area (Å²) in [5.74, 6) is -0.631. The minimum Gasteiger partial charge on any atom is -0.493 e. The van der Waals surface area contributed by atoms with E-state index >= 15 is 0 Å². The fourth-order valence-corrected chi connectivity index (χ4v) is 2.05. The van der Waals surface area contributed by atoms with Gasteiger partial charge in [-0.25, -0.2) is 5.43 Å². The van der Waals surface area contributed by atoms with Crippen molar-refractivity contribution in [1.29, 1.82) is 0 Å². The highest BCUT2D eigenvalue weighted by molar-refractivity contribution is 5.98. The second-order valence-electron chi connectivity index (χ2n) is 4.98. The number of hydrogen-bond donors (Lipinski definition) is 1. The van der Waals surface area contributed by atoms with E-state index in [1.54, 1.807) is 12.1 Å². The number of rotatable bonds is 6. The van der Waals surface area contributed by atoms with Crippen LogP contribution in [0.1, 0.15) is 22.8 Å². The van der Waals surface area contributed by atoms with Crippen LogP contribution in [0.3, 0.4) is 0 Å². The van der Waals surface area contributed by atoms with Gasteiger partial charge in [0.25, 0.3) is 11.6 Å². The molecule has 1 N–H and O–H groups in total. The van der Waals surface area contributed by atoms with Gasteiger partial charge in [-0.2, -0.15) is 5.10 Å². The average Bonchev–Trinajstić information content (AvgIpc) is 2.62. The van der Waals surface area contributed by atoms with Gasteiger partial charge in [-0.05, 0) is 29.8 Å².